The van der Waals surface area contributed by atoms with Crippen LogP contribution in [0.1, 0.15) is 73.7 Å². The summed E-state index contributed by atoms with van der Waals surface area (Å²) in [4.78, 5) is 33.8. The molecule has 0 bridgehead atoms. The topological polar surface area (TPSA) is 88.3 Å². The average molecular weight is 546 g/mol. The first-order chi connectivity index (χ1) is 15.1. The quantitative estimate of drug-likeness (QED) is 0.353. The number of anilines is 1. The molecule has 2 aliphatic rings. The van der Waals surface area contributed by atoms with E-state index in [-0.39, 0.29) is 16.9 Å². The fourth-order valence-corrected chi connectivity index (χ4v) is 4.93. The number of aromatic nitrogens is 4. The highest BCUT2D eigenvalue weighted by atomic mass is 127. The van der Waals surface area contributed by atoms with Crippen LogP contribution in [0.4, 0.5) is 5.82 Å². The number of rotatable bonds is 3. The maximum atomic E-state index is 13.7. The highest BCUT2D eigenvalue weighted by Gasteiger charge is 2.44. The summed E-state index contributed by atoms with van der Waals surface area (Å²) in [5.74, 6) is 2.09. The van der Waals surface area contributed by atoms with E-state index in [9.17, 15) is 4.79 Å². The number of carbonyl (C=O) groups excluding carboxylic acids is 1. The van der Waals surface area contributed by atoms with Gasteiger partial charge in [0.25, 0.3) is 5.91 Å². The van der Waals surface area contributed by atoms with E-state index in [1.165, 1.54) is 6.33 Å². The van der Waals surface area contributed by atoms with E-state index >= 15 is 0 Å². The summed E-state index contributed by atoms with van der Waals surface area (Å²) in [5.41, 5.74) is 3.00. The lowest BCUT2D eigenvalue weighted by atomic mass is 9.95. The Bertz CT molecular complexity index is 1230. The maximum absolute atomic E-state index is 13.7. The Morgan fingerprint density at radius 1 is 1.25 bits per heavy atom. The first-order valence-electron chi connectivity index (χ1n) is 10.9. The molecule has 5 rings (SSSR count). The second-order valence-corrected chi connectivity index (χ2v) is 11.0. The third kappa shape index (κ3) is 3.54. The predicted octanol–water partition coefficient (Wildman–Crippen LogP) is 4.53. The lowest BCUT2D eigenvalue weighted by Crippen LogP contribution is -2.37. The van der Waals surface area contributed by atoms with Gasteiger partial charge in [-0.15, -0.1) is 0 Å². The molecule has 3 aromatic rings. The van der Waals surface area contributed by atoms with Gasteiger partial charge in [-0.25, -0.2) is 19.9 Å². The van der Waals surface area contributed by atoms with Crippen molar-refractivity contribution in [3.05, 3.63) is 40.9 Å². The third-order valence-electron chi connectivity index (χ3n) is 6.38. The summed E-state index contributed by atoms with van der Waals surface area (Å²) in [7, 11) is 0. The normalized spacial score (nSPS) is 17.4. The summed E-state index contributed by atoms with van der Waals surface area (Å²) in [5, 5.41) is 0.697. The highest BCUT2D eigenvalue weighted by Crippen LogP contribution is 2.47. The van der Waals surface area contributed by atoms with Gasteiger partial charge in [-0.1, -0.05) is 20.8 Å². The molecule has 0 atom stereocenters. The van der Waals surface area contributed by atoms with E-state index in [0.717, 1.165) is 35.7 Å². The van der Waals surface area contributed by atoms with Crippen molar-refractivity contribution >= 4 is 45.7 Å². The van der Waals surface area contributed by atoms with Gasteiger partial charge in [-0.05, 0) is 26.7 Å². The number of hydrogen-bond acceptors (Lipinski definition) is 7. The molecular formula is C23H27IN6O2. The molecule has 0 unspecified atom stereocenters. The molecule has 1 aliphatic heterocycles. The molecule has 1 amide bonds. The van der Waals surface area contributed by atoms with Crippen molar-refractivity contribution in [2.75, 3.05) is 9.66 Å². The largest absolute Gasteiger partial charge is 0.442 e. The highest BCUT2D eigenvalue weighted by molar-refractivity contribution is 14.1. The number of nitrogens with zero attached hydrogens (tertiary/aromatic N) is 6. The van der Waals surface area contributed by atoms with Crippen molar-refractivity contribution in [3.63, 3.8) is 0 Å². The Labute approximate surface area is 201 Å². The lowest BCUT2D eigenvalue weighted by molar-refractivity contribution is 0.0733. The molecule has 0 saturated heterocycles. The van der Waals surface area contributed by atoms with Crippen molar-refractivity contribution < 1.29 is 9.21 Å². The minimum Gasteiger partial charge on any atom is -0.442 e. The van der Waals surface area contributed by atoms with Gasteiger partial charge in [0.15, 0.2) is 5.82 Å². The maximum Gasteiger partial charge on any atom is 0.258 e. The number of carbonyl (C=O) groups is 1. The van der Waals surface area contributed by atoms with Crippen LogP contribution in [0.25, 0.3) is 11.1 Å². The van der Waals surface area contributed by atoms with Crippen LogP contribution in [0.3, 0.4) is 0 Å². The third-order valence-corrected chi connectivity index (χ3v) is 8.01. The number of amides is 1. The minimum absolute atomic E-state index is 0.0551. The van der Waals surface area contributed by atoms with Crippen LogP contribution >= 0.6 is 22.9 Å². The van der Waals surface area contributed by atoms with Crippen LogP contribution in [0.2, 0.25) is 0 Å². The van der Waals surface area contributed by atoms with Gasteiger partial charge in [-0.2, -0.15) is 0 Å². The first kappa shape index (κ1) is 21.5. The molecule has 1 fully saturated rings. The molecule has 0 N–H and O–H groups in total. The van der Waals surface area contributed by atoms with Crippen LogP contribution in [0.5, 0.6) is 0 Å². The van der Waals surface area contributed by atoms with Gasteiger partial charge in [0.1, 0.15) is 17.9 Å². The van der Waals surface area contributed by atoms with E-state index in [4.69, 9.17) is 9.40 Å². The zero-order chi connectivity index (χ0) is 22.8. The summed E-state index contributed by atoms with van der Waals surface area (Å²) < 4.78 is 8.04. The first-order valence-corrected chi connectivity index (χ1v) is 11.9. The molecule has 3 aromatic heterocycles. The van der Waals surface area contributed by atoms with Gasteiger partial charge in [0.05, 0.1) is 39.5 Å². The van der Waals surface area contributed by atoms with E-state index in [1.807, 2.05) is 18.0 Å². The molecule has 0 spiro atoms. The second-order valence-electron chi connectivity index (χ2n) is 10.1. The molecule has 168 valence electrons. The molecule has 0 aromatic carbocycles. The monoisotopic (exact) mass is 546 g/mol. The molecule has 1 aliphatic carbocycles. The lowest BCUT2D eigenvalue weighted by Gasteiger charge is -2.29. The Balaban J connectivity index is 1.50. The van der Waals surface area contributed by atoms with Gasteiger partial charge in [0, 0.05) is 42.2 Å². The Hall–Kier alpha value is -2.30. The van der Waals surface area contributed by atoms with E-state index in [0.29, 0.717) is 41.9 Å². The zero-order valence-electron chi connectivity index (χ0n) is 19.1. The molecule has 32 heavy (non-hydrogen) atoms. The Morgan fingerprint density at radius 3 is 2.69 bits per heavy atom. The van der Waals surface area contributed by atoms with Crippen LogP contribution < -0.4 is 3.11 Å². The van der Waals surface area contributed by atoms with Crippen LogP contribution in [0, 0.1) is 6.92 Å². The fraction of sp³-hybridized carbons (Fsp3) is 0.522. The number of furan rings is 1. The summed E-state index contributed by atoms with van der Waals surface area (Å²) in [6.45, 7) is 11.4. The number of aryl methyl sites for hydroxylation is 1. The standard InChI is InChI=1S/C23H27IN6O2/c1-13-16(17-18(26-12-27-19(17)32-13)30(24)23(5)7-8-23)20(31)29-9-6-15-14(11-29)10-25-21(28-15)22(2,3)4/h10,12H,6-9,11H2,1-5H3. The molecular weight excluding hydrogens is 519 g/mol. The number of hydrogen-bond donors (Lipinski definition) is 0. The number of halogens is 1. The molecule has 1 saturated carbocycles. The van der Waals surface area contributed by atoms with E-state index in [2.05, 4.69) is 68.6 Å². The van der Waals surface area contributed by atoms with Gasteiger partial charge < -0.3 is 9.32 Å². The van der Waals surface area contributed by atoms with Crippen LogP contribution in [-0.2, 0) is 18.4 Å². The Morgan fingerprint density at radius 2 is 2.00 bits per heavy atom. The van der Waals surface area contributed by atoms with Crippen molar-refractivity contribution in [1.82, 2.24) is 24.8 Å². The molecule has 9 heteroatoms. The Kier molecular flexibility index (Phi) is 4.95. The zero-order valence-corrected chi connectivity index (χ0v) is 21.2. The van der Waals surface area contributed by atoms with Gasteiger partial charge in [-0.3, -0.25) is 7.91 Å². The fourth-order valence-electron chi connectivity index (χ4n) is 4.08. The van der Waals surface area contributed by atoms with Gasteiger partial charge >= 0.3 is 0 Å². The van der Waals surface area contributed by atoms with Crippen LogP contribution in [0.15, 0.2) is 16.9 Å². The average Bonchev–Trinajstić information content (AvgIpc) is 3.41. The van der Waals surface area contributed by atoms with Crippen molar-refractivity contribution in [2.24, 2.45) is 0 Å². The van der Waals surface area contributed by atoms with Gasteiger partial charge in [0.2, 0.25) is 5.71 Å². The van der Waals surface area contributed by atoms with Crippen molar-refractivity contribution in [2.45, 2.75) is 71.4 Å². The second kappa shape index (κ2) is 7.36. The SMILES string of the molecule is Cc1oc2ncnc(N(I)C3(C)CC3)c2c1C(=O)N1CCc2nc(C(C)(C)C)ncc2C1. The van der Waals surface area contributed by atoms with E-state index < -0.39 is 0 Å². The predicted molar refractivity (Wildman–Crippen MR) is 130 cm³/mol. The number of fused-ring (bicyclic) bond motifs is 2. The summed E-state index contributed by atoms with van der Waals surface area (Å²) in [6, 6.07) is 0. The van der Waals surface area contributed by atoms with Crippen LogP contribution in [-0.4, -0.2) is 42.8 Å². The van der Waals surface area contributed by atoms with E-state index in [1.54, 1.807) is 0 Å². The van der Waals surface area contributed by atoms with Crippen molar-refractivity contribution in [1.29, 1.82) is 0 Å². The minimum atomic E-state index is -0.102. The molecule has 8 nitrogen and oxygen atoms in total. The molecule has 0 radical (unpaired) electrons. The van der Waals surface area contributed by atoms with Crippen molar-refractivity contribution in [3.8, 4) is 0 Å². The smallest absolute Gasteiger partial charge is 0.258 e. The summed E-state index contributed by atoms with van der Waals surface area (Å²) in [6.07, 6.45) is 6.29. The molecule has 4 heterocycles. The summed E-state index contributed by atoms with van der Waals surface area (Å²) >= 11 is 2.30.